The van der Waals surface area contributed by atoms with Crippen LogP contribution in [0.4, 0.5) is 0 Å². The molecule has 0 spiro atoms. The molecule has 0 saturated carbocycles. The number of sulfonamides is 1. The number of nitrogens with zero attached hydrogens (tertiary/aromatic N) is 2. The molecular formula is C19H26N2O3S. The number of hydrogen-bond acceptors (Lipinski definition) is 3. The van der Waals surface area contributed by atoms with Crippen LogP contribution in [0.2, 0.25) is 0 Å². The van der Waals surface area contributed by atoms with Crippen molar-refractivity contribution >= 4 is 22.0 Å². The monoisotopic (exact) mass is 362 g/mol. The third-order valence-electron chi connectivity index (χ3n) is 4.92. The molecule has 5 nitrogen and oxygen atoms in total. The Bertz CT molecular complexity index is 712. The largest absolute Gasteiger partial charge is 0.339 e. The summed E-state index contributed by atoms with van der Waals surface area (Å²) in [7, 11) is -3.41. The molecule has 25 heavy (non-hydrogen) atoms. The molecule has 0 atom stereocenters. The minimum Gasteiger partial charge on any atom is -0.339 e. The van der Waals surface area contributed by atoms with Crippen molar-refractivity contribution in [2.75, 3.05) is 26.2 Å². The highest BCUT2D eigenvalue weighted by Crippen LogP contribution is 2.21. The van der Waals surface area contributed by atoms with Gasteiger partial charge in [-0.05, 0) is 49.5 Å². The Morgan fingerprint density at radius 1 is 0.840 bits per heavy atom. The van der Waals surface area contributed by atoms with Gasteiger partial charge in [-0.25, -0.2) is 8.42 Å². The average Bonchev–Trinajstić information content (AvgIpc) is 3.02. The molecule has 0 aliphatic carbocycles. The second-order valence-corrected chi connectivity index (χ2v) is 8.69. The van der Waals surface area contributed by atoms with Crippen LogP contribution in [0.15, 0.2) is 35.2 Å². The summed E-state index contributed by atoms with van der Waals surface area (Å²) in [6, 6.07) is 6.80. The molecule has 0 unspecified atom stereocenters. The normalized spacial score (nSPS) is 20.1. The molecule has 0 N–H and O–H groups in total. The van der Waals surface area contributed by atoms with Crippen molar-refractivity contribution in [3.63, 3.8) is 0 Å². The van der Waals surface area contributed by atoms with E-state index in [1.807, 2.05) is 4.90 Å². The van der Waals surface area contributed by atoms with Crippen molar-refractivity contribution in [3.8, 4) is 0 Å². The van der Waals surface area contributed by atoms with Crippen LogP contribution in [-0.4, -0.2) is 49.7 Å². The molecule has 0 radical (unpaired) electrons. The number of rotatable bonds is 4. The fraction of sp³-hybridized carbons (Fsp3) is 0.526. The lowest BCUT2D eigenvalue weighted by atomic mass is 10.2. The number of amides is 1. The van der Waals surface area contributed by atoms with Crippen LogP contribution in [0.3, 0.4) is 0 Å². The fourth-order valence-electron chi connectivity index (χ4n) is 3.39. The minimum atomic E-state index is -3.41. The maximum Gasteiger partial charge on any atom is 0.246 e. The zero-order valence-corrected chi connectivity index (χ0v) is 15.4. The van der Waals surface area contributed by atoms with Crippen molar-refractivity contribution in [1.82, 2.24) is 9.21 Å². The van der Waals surface area contributed by atoms with E-state index in [2.05, 4.69) is 0 Å². The number of hydrogen-bond donors (Lipinski definition) is 0. The fourth-order valence-corrected chi connectivity index (χ4v) is 4.91. The maximum atomic E-state index is 12.7. The molecule has 2 heterocycles. The number of carbonyl (C=O) groups excluding carboxylic acids is 1. The van der Waals surface area contributed by atoms with E-state index in [1.165, 1.54) is 0 Å². The molecule has 2 aliphatic rings. The quantitative estimate of drug-likeness (QED) is 0.774. The summed E-state index contributed by atoms with van der Waals surface area (Å²) in [5.74, 6) is 0.0266. The van der Waals surface area contributed by atoms with Crippen LogP contribution in [0.25, 0.3) is 6.08 Å². The van der Waals surface area contributed by atoms with Gasteiger partial charge >= 0.3 is 0 Å². The molecule has 1 amide bonds. The molecule has 1 aromatic carbocycles. The lowest BCUT2D eigenvalue weighted by molar-refractivity contribution is -0.124. The van der Waals surface area contributed by atoms with E-state index < -0.39 is 10.0 Å². The summed E-state index contributed by atoms with van der Waals surface area (Å²) in [5, 5.41) is 0. The molecule has 3 rings (SSSR count). The van der Waals surface area contributed by atoms with Crippen molar-refractivity contribution in [3.05, 3.63) is 35.9 Å². The summed E-state index contributed by atoms with van der Waals surface area (Å²) < 4.78 is 27.1. The standard InChI is InChI=1S/C19H26N2O3S/c22-19(20-13-5-6-14-20)12-9-17-7-10-18(11-8-17)25(23,24)21-15-3-1-2-4-16-21/h7-12H,1-6,13-16H2/b12-9+. The van der Waals surface area contributed by atoms with Crippen LogP contribution in [-0.2, 0) is 14.8 Å². The molecule has 136 valence electrons. The first-order valence-electron chi connectivity index (χ1n) is 9.14. The van der Waals surface area contributed by atoms with Gasteiger partial charge in [0.15, 0.2) is 0 Å². The van der Waals surface area contributed by atoms with E-state index >= 15 is 0 Å². The van der Waals surface area contributed by atoms with E-state index in [1.54, 1.807) is 40.7 Å². The smallest absolute Gasteiger partial charge is 0.246 e. The van der Waals surface area contributed by atoms with Gasteiger partial charge in [0.2, 0.25) is 15.9 Å². The Morgan fingerprint density at radius 3 is 2.00 bits per heavy atom. The molecule has 2 saturated heterocycles. The van der Waals surface area contributed by atoms with Gasteiger partial charge in [0.05, 0.1) is 4.90 Å². The SMILES string of the molecule is O=C(/C=C/c1ccc(S(=O)(=O)N2CCCCCC2)cc1)N1CCCC1. The summed E-state index contributed by atoms with van der Waals surface area (Å²) in [5.41, 5.74) is 0.836. The van der Waals surface area contributed by atoms with Crippen molar-refractivity contribution in [2.45, 2.75) is 43.4 Å². The van der Waals surface area contributed by atoms with Gasteiger partial charge in [0.25, 0.3) is 0 Å². The van der Waals surface area contributed by atoms with Crippen LogP contribution in [0, 0.1) is 0 Å². The Kier molecular flexibility index (Phi) is 5.91. The van der Waals surface area contributed by atoms with Gasteiger partial charge in [-0.3, -0.25) is 4.79 Å². The van der Waals surface area contributed by atoms with E-state index in [9.17, 15) is 13.2 Å². The highest BCUT2D eigenvalue weighted by molar-refractivity contribution is 7.89. The van der Waals surface area contributed by atoms with Crippen LogP contribution in [0.5, 0.6) is 0 Å². The van der Waals surface area contributed by atoms with E-state index in [0.717, 1.165) is 57.2 Å². The lowest BCUT2D eigenvalue weighted by Gasteiger charge is -2.19. The Hall–Kier alpha value is -1.66. The maximum absolute atomic E-state index is 12.7. The molecule has 0 bridgehead atoms. The summed E-state index contributed by atoms with van der Waals surface area (Å²) in [4.78, 5) is 14.2. The first-order valence-corrected chi connectivity index (χ1v) is 10.6. The second-order valence-electron chi connectivity index (χ2n) is 6.75. The molecule has 6 heteroatoms. The van der Waals surface area contributed by atoms with Gasteiger partial charge < -0.3 is 4.90 Å². The third-order valence-corrected chi connectivity index (χ3v) is 6.83. The zero-order valence-electron chi connectivity index (χ0n) is 14.6. The highest BCUT2D eigenvalue weighted by Gasteiger charge is 2.24. The highest BCUT2D eigenvalue weighted by atomic mass is 32.2. The Morgan fingerprint density at radius 2 is 1.40 bits per heavy atom. The Balaban J connectivity index is 1.67. The first kappa shape index (κ1) is 18.1. The third kappa shape index (κ3) is 4.50. The predicted octanol–water partition coefficient (Wildman–Crippen LogP) is 2.89. The zero-order chi connectivity index (χ0) is 17.7. The van der Waals surface area contributed by atoms with Crippen molar-refractivity contribution < 1.29 is 13.2 Å². The molecular weight excluding hydrogens is 336 g/mol. The van der Waals surface area contributed by atoms with Gasteiger partial charge in [0.1, 0.15) is 0 Å². The van der Waals surface area contributed by atoms with Crippen LogP contribution in [0.1, 0.15) is 44.1 Å². The number of likely N-dealkylation sites (tertiary alicyclic amines) is 1. The molecule has 0 aromatic heterocycles. The first-order chi connectivity index (χ1) is 12.1. The lowest BCUT2D eigenvalue weighted by Crippen LogP contribution is -2.31. The van der Waals surface area contributed by atoms with Crippen molar-refractivity contribution in [1.29, 1.82) is 0 Å². The topological polar surface area (TPSA) is 57.7 Å². The summed E-state index contributed by atoms with van der Waals surface area (Å²) in [6.45, 7) is 2.87. The molecule has 2 aliphatic heterocycles. The van der Waals surface area contributed by atoms with Crippen LogP contribution >= 0.6 is 0 Å². The van der Waals surface area contributed by atoms with E-state index in [0.29, 0.717) is 18.0 Å². The van der Waals surface area contributed by atoms with Gasteiger partial charge in [0, 0.05) is 32.3 Å². The van der Waals surface area contributed by atoms with Gasteiger partial charge in [-0.15, -0.1) is 0 Å². The summed E-state index contributed by atoms with van der Waals surface area (Å²) in [6.07, 6.45) is 9.52. The molecule has 1 aromatic rings. The summed E-state index contributed by atoms with van der Waals surface area (Å²) >= 11 is 0. The number of benzene rings is 1. The number of carbonyl (C=O) groups is 1. The van der Waals surface area contributed by atoms with Gasteiger partial charge in [-0.2, -0.15) is 4.31 Å². The second kappa shape index (κ2) is 8.15. The minimum absolute atomic E-state index is 0.0266. The average molecular weight is 362 g/mol. The van der Waals surface area contributed by atoms with Gasteiger partial charge in [-0.1, -0.05) is 25.0 Å². The van der Waals surface area contributed by atoms with Crippen molar-refractivity contribution in [2.24, 2.45) is 0 Å². The van der Waals surface area contributed by atoms with Crippen LogP contribution < -0.4 is 0 Å². The van der Waals surface area contributed by atoms with E-state index in [4.69, 9.17) is 0 Å². The Labute approximate surface area is 150 Å². The molecule has 2 fully saturated rings. The van der Waals surface area contributed by atoms with E-state index in [-0.39, 0.29) is 5.91 Å². The predicted molar refractivity (Wildman–Crippen MR) is 98.5 cm³/mol.